The Labute approximate surface area is 184 Å². The molecule has 0 saturated carbocycles. The number of nitrogens with one attached hydrogen (secondary N) is 2. The van der Waals surface area contributed by atoms with Crippen LogP contribution in [0.2, 0.25) is 0 Å². The number of benzene rings is 1. The van der Waals surface area contributed by atoms with Crippen molar-refractivity contribution in [1.29, 1.82) is 0 Å². The highest BCUT2D eigenvalue weighted by molar-refractivity contribution is 7.92. The smallest absolute Gasteiger partial charge is 0.309 e. The zero-order chi connectivity index (χ0) is 23.9. The lowest BCUT2D eigenvalue weighted by atomic mass is 9.95. The Bertz CT molecular complexity index is 994. The molecule has 178 valence electrons. The number of hydrogen-bond acceptors (Lipinski definition) is 7. The van der Waals surface area contributed by atoms with Gasteiger partial charge in [0.2, 0.25) is 10.0 Å². The predicted octanol–water partition coefficient (Wildman–Crippen LogP) is 1.97. The standard InChI is InChI=1S/C20H27F2N3O6S/c1-3-5-6-17(26)18(27)15(9-12-7-13(21)10-14(22)8-12)23-19(28)16-11-31-20(24-16)25-32(29,30)4-2/h7-8,10-11,15,17-18,26-27H,3-6,9H2,1-2H3,(H,23,28)(H,24,25). The Morgan fingerprint density at radius 3 is 2.44 bits per heavy atom. The van der Waals surface area contributed by atoms with Crippen molar-refractivity contribution >= 4 is 21.9 Å². The number of rotatable bonds is 12. The van der Waals surface area contributed by atoms with Crippen LogP contribution in [0.25, 0.3) is 0 Å². The van der Waals surface area contributed by atoms with Gasteiger partial charge in [0.15, 0.2) is 5.69 Å². The molecule has 1 amide bonds. The molecule has 0 fully saturated rings. The summed E-state index contributed by atoms with van der Waals surface area (Å²) >= 11 is 0. The number of unbranched alkanes of at least 4 members (excludes halogenated alkanes) is 1. The largest absolute Gasteiger partial charge is 0.431 e. The van der Waals surface area contributed by atoms with Crippen LogP contribution in [0.15, 0.2) is 28.9 Å². The molecule has 1 aromatic heterocycles. The van der Waals surface area contributed by atoms with E-state index < -0.39 is 51.8 Å². The Morgan fingerprint density at radius 1 is 1.19 bits per heavy atom. The first-order valence-corrected chi connectivity index (χ1v) is 11.8. The van der Waals surface area contributed by atoms with Crippen LogP contribution in [0.5, 0.6) is 0 Å². The lowest BCUT2D eigenvalue weighted by molar-refractivity contribution is -0.00819. The lowest BCUT2D eigenvalue weighted by Crippen LogP contribution is -2.50. The van der Waals surface area contributed by atoms with Crippen LogP contribution >= 0.6 is 0 Å². The second-order valence-electron chi connectivity index (χ2n) is 7.31. The molecule has 9 nitrogen and oxygen atoms in total. The number of amides is 1. The third-order valence-electron chi connectivity index (χ3n) is 4.71. The van der Waals surface area contributed by atoms with E-state index in [9.17, 15) is 32.2 Å². The maximum atomic E-state index is 13.6. The van der Waals surface area contributed by atoms with Gasteiger partial charge >= 0.3 is 6.01 Å². The number of carbonyl (C=O) groups excluding carboxylic acids is 1. The predicted molar refractivity (Wildman–Crippen MR) is 112 cm³/mol. The van der Waals surface area contributed by atoms with Gasteiger partial charge in [0.25, 0.3) is 5.91 Å². The molecule has 4 N–H and O–H groups in total. The summed E-state index contributed by atoms with van der Waals surface area (Å²) in [5.74, 6) is -2.71. The van der Waals surface area contributed by atoms with E-state index >= 15 is 0 Å². The Kier molecular flexibility index (Phi) is 9.10. The maximum absolute atomic E-state index is 13.6. The van der Waals surface area contributed by atoms with E-state index in [2.05, 4.69) is 15.0 Å². The van der Waals surface area contributed by atoms with Crippen molar-refractivity contribution in [2.45, 2.75) is 57.8 Å². The van der Waals surface area contributed by atoms with Crippen molar-refractivity contribution in [2.24, 2.45) is 0 Å². The summed E-state index contributed by atoms with van der Waals surface area (Å²) in [7, 11) is -3.67. The summed E-state index contributed by atoms with van der Waals surface area (Å²) in [6, 6.07) is 1.27. The summed E-state index contributed by atoms with van der Waals surface area (Å²) in [5, 5.41) is 23.4. The number of nitrogens with zero attached hydrogens (tertiary/aromatic N) is 1. The Balaban J connectivity index is 2.21. The average molecular weight is 476 g/mol. The fraction of sp³-hybridized carbons (Fsp3) is 0.500. The number of oxazole rings is 1. The van der Waals surface area contributed by atoms with Crippen LogP contribution in [0, 0.1) is 11.6 Å². The first-order valence-electron chi connectivity index (χ1n) is 10.1. The van der Waals surface area contributed by atoms with Gasteiger partial charge in [-0.3, -0.25) is 4.79 Å². The number of aliphatic hydroxyl groups is 2. The third-order valence-corrected chi connectivity index (χ3v) is 5.96. The molecule has 0 aliphatic rings. The van der Waals surface area contributed by atoms with E-state index in [0.717, 1.165) is 24.8 Å². The van der Waals surface area contributed by atoms with Gasteiger partial charge in [-0.25, -0.2) is 21.9 Å². The second-order valence-corrected chi connectivity index (χ2v) is 9.32. The molecule has 1 aromatic carbocycles. The van der Waals surface area contributed by atoms with Crippen LogP contribution in [-0.4, -0.2) is 53.5 Å². The maximum Gasteiger partial charge on any atom is 0.309 e. The van der Waals surface area contributed by atoms with E-state index in [0.29, 0.717) is 12.5 Å². The van der Waals surface area contributed by atoms with E-state index in [1.54, 1.807) is 0 Å². The Hall–Kier alpha value is -2.57. The zero-order valence-corrected chi connectivity index (χ0v) is 18.5. The van der Waals surface area contributed by atoms with Gasteiger partial charge in [-0.2, -0.15) is 4.98 Å². The minimum Gasteiger partial charge on any atom is -0.431 e. The van der Waals surface area contributed by atoms with Gasteiger partial charge in [-0.15, -0.1) is 0 Å². The summed E-state index contributed by atoms with van der Waals surface area (Å²) in [6.07, 6.45) is -0.249. The number of aromatic nitrogens is 1. The van der Waals surface area contributed by atoms with Crippen molar-refractivity contribution < 1.29 is 36.6 Å². The summed E-state index contributed by atoms with van der Waals surface area (Å²) in [4.78, 5) is 16.4. The number of aliphatic hydroxyl groups excluding tert-OH is 2. The number of carbonyl (C=O) groups is 1. The molecular weight excluding hydrogens is 448 g/mol. The molecule has 0 bridgehead atoms. The highest BCUT2D eigenvalue weighted by atomic mass is 32.2. The molecule has 0 spiro atoms. The van der Waals surface area contributed by atoms with Crippen LogP contribution in [0.4, 0.5) is 14.8 Å². The van der Waals surface area contributed by atoms with Crippen molar-refractivity contribution in [3.8, 4) is 0 Å². The SMILES string of the molecule is CCCCC(O)C(O)C(Cc1cc(F)cc(F)c1)NC(=O)c1coc(NS(=O)(=O)CC)n1. The molecule has 0 aliphatic heterocycles. The molecule has 12 heteroatoms. The molecule has 2 aromatic rings. The Morgan fingerprint density at radius 2 is 1.84 bits per heavy atom. The molecule has 3 unspecified atom stereocenters. The van der Waals surface area contributed by atoms with E-state index in [4.69, 9.17) is 4.42 Å². The molecule has 32 heavy (non-hydrogen) atoms. The second kappa shape index (κ2) is 11.3. The topological polar surface area (TPSA) is 142 Å². The van der Waals surface area contributed by atoms with Gasteiger partial charge in [0, 0.05) is 6.07 Å². The van der Waals surface area contributed by atoms with E-state index in [-0.39, 0.29) is 29.9 Å². The fourth-order valence-electron chi connectivity index (χ4n) is 2.96. The zero-order valence-electron chi connectivity index (χ0n) is 17.7. The van der Waals surface area contributed by atoms with Crippen molar-refractivity contribution in [1.82, 2.24) is 10.3 Å². The van der Waals surface area contributed by atoms with Crippen LogP contribution in [0.1, 0.15) is 49.2 Å². The number of halogens is 2. The summed E-state index contributed by atoms with van der Waals surface area (Å²) in [5.41, 5.74) is -0.129. The van der Waals surface area contributed by atoms with Crippen molar-refractivity contribution in [2.75, 3.05) is 10.5 Å². The van der Waals surface area contributed by atoms with Crippen LogP contribution in [-0.2, 0) is 16.4 Å². The average Bonchev–Trinajstić information content (AvgIpc) is 3.18. The lowest BCUT2D eigenvalue weighted by Gasteiger charge is -2.27. The van der Waals surface area contributed by atoms with Crippen molar-refractivity contribution in [3.05, 3.63) is 47.4 Å². The van der Waals surface area contributed by atoms with Crippen LogP contribution < -0.4 is 10.0 Å². The summed E-state index contributed by atoms with van der Waals surface area (Å²) < 4.78 is 57.4. The molecule has 1 heterocycles. The van der Waals surface area contributed by atoms with Gasteiger partial charge < -0.3 is 19.9 Å². The van der Waals surface area contributed by atoms with E-state index in [1.807, 2.05) is 6.92 Å². The minimum absolute atomic E-state index is 0.158. The quantitative estimate of drug-likeness (QED) is 0.368. The first kappa shape index (κ1) is 25.7. The molecule has 0 aliphatic carbocycles. The molecule has 3 atom stereocenters. The van der Waals surface area contributed by atoms with Gasteiger partial charge in [-0.05, 0) is 37.5 Å². The third kappa shape index (κ3) is 7.53. The van der Waals surface area contributed by atoms with Gasteiger partial charge in [-0.1, -0.05) is 19.8 Å². The minimum atomic E-state index is -3.67. The van der Waals surface area contributed by atoms with Gasteiger partial charge in [0.1, 0.15) is 24.0 Å². The van der Waals surface area contributed by atoms with Crippen molar-refractivity contribution in [3.63, 3.8) is 0 Å². The first-order chi connectivity index (χ1) is 15.0. The summed E-state index contributed by atoms with van der Waals surface area (Å²) in [6.45, 7) is 3.31. The van der Waals surface area contributed by atoms with Gasteiger partial charge in [0.05, 0.1) is 17.9 Å². The molecule has 0 radical (unpaired) electrons. The highest BCUT2D eigenvalue weighted by Gasteiger charge is 2.29. The van der Waals surface area contributed by atoms with E-state index in [1.165, 1.54) is 6.92 Å². The molecule has 2 rings (SSSR count). The molecular formula is C20H27F2N3O6S. The number of anilines is 1. The highest BCUT2D eigenvalue weighted by Crippen LogP contribution is 2.17. The fourth-order valence-corrected chi connectivity index (χ4v) is 3.47. The van der Waals surface area contributed by atoms with Crippen LogP contribution in [0.3, 0.4) is 0 Å². The monoisotopic (exact) mass is 475 g/mol. The number of sulfonamides is 1. The normalized spacial score (nSPS) is 14.6. The molecule has 0 saturated heterocycles. The number of hydrogen-bond donors (Lipinski definition) is 4.